The largest absolute Gasteiger partial charge is 0.450 e. The molecule has 0 unspecified atom stereocenters. The smallest absolute Gasteiger partial charge is 0.407 e. The van der Waals surface area contributed by atoms with Crippen LogP contribution in [0.25, 0.3) is 0 Å². The van der Waals surface area contributed by atoms with Gasteiger partial charge in [-0.25, -0.2) is 4.79 Å². The van der Waals surface area contributed by atoms with E-state index in [4.69, 9.17) is 0 Å². The molecule has 0 atom stereocenters. The van der Waals surface area contributed by atoms with Crippen molar-refractivity contribution < 1.29 is 9.53 Å². The van der Waals surface area contributed by atoms with Crippen molar-refractivity contribution in [3.63, 3.8) is 0 Å². The van der Waals surface area contributed by atoms with Crippen LogP contribution < -0.4 is 5.32 Å². The average molecular weight is 116 g/mol. The van der Waals surface area contributed by atoms with E-state index in [1.165, 1.54) is 0 Å². The Morgan fingerprint density at radius 1 is 1.88 bits per heavy atom. The summed E-state index contributed by atoms with van der Waals surface area (Å²) in [5, 5.41) is 2.37. The first kappa shape index (κ1) is 7.27. The molecule has 1 amide bonds. The van der Waals surface area contributed by atoms with Gasteiger partial charge in [-0.3, -0.25) is 0 Å². The van der Waals surface area contributed by atoms with Gasteiger partial charge in [0, 0.05) is 6.54 Å². The number of hydrogen-bond donors (Lipinski definition) is 1. The highest BCUT2D eigenvalue weighted by atomic mass is 16.5. The van der Waals surface area contributed by atoms with Crippen molar-refractivity contribution in [1.29, 1.82) is 0 Å². The minimum Gasteiger partial charge on any atom is -0.450 e. The van der Waals surface area contributed by atoms with E-state index in [2.05, 4.69) is 17.0 Å². The molecular weight excluding hydrogens is 106 g/mol. The van der Waals surface area contributed by atoms with Gasteiger partial charge in [-0.2, -0.15) is 0 Å². The fraction of sp³-hybridized carbons (Fsp3) is 0.600. The van der Waals surface area contributed by atoms with Crippen LogP contribution in [0.2, 0.25) is 0 Å². The molecule has 0 saturated heterocycles. The second-order valence-electron chi connectivity index (χ2n) is 1.15. The third kappa shape index (κ3) is 3.46. The van der Waals surface area contributed by atoms with Crippen molar-refractivity contribution in [2.75, 3.05) is 13.2 Å². The van der Waals surface area contributed by atoms with Crippen LogP contribution >= 0.6 is 0 Å². The molecule has 0 aromatic carbocycles. The van der Waals surface area contributed by atoms with Crippen LogP contribution in [0.1, 0.15) is 6.92 Å². The van der Waals surface area contributed by atoms with E-state index in [1.54, 1.807) is 6.92 Å². The lowest BCUT2D eigenvalue weighted by atomic mass is 10.7. The van der Waals surface area contributed by atoms with Gasteiger partial charge in [0.2, 0.25) is 0 Å². The lowest BCUT2D eigenvalue weighted by Gasteiger charge is -1.99. The molecule has 0 aromatic rings. The Bertz CT molecular complexity index is 64.8. The summed E-state index contributed by atoms with van der Waals surface area (Å²) in [7, 11) is 0. The second kappa shape index (κ2) is 4.43. The Labute approximate surface area is 49.0 Å². The van der Waals surface area contributed by atoms with Crippen LogP contribution in [0.5, 0.6) is 0 Å². The Balaban J connectivity index is 3.06. The van der Waals surface area contributed by atoms with Gasteiger partial charge in [-0.05, 0) is 13.8 Å². The highest BCUT2D eigenvalue weighted by Gasteiger charge is 1.92. The van der Waals surface area contributed by atoms with E-state index in [1.807, 2.05) is 0 Å². The van der Waals surface area contributed by atoms with Gasteiger partial charge < -0.3 is 10.1 Å². The van der Waals surface area contributed by atoms with Crippen LogP contribution in [0.3, 0.4) is 0 Å². The van der Waals surface area contributed by atoms with E-state index >= 15 is 0 Å². The van der Waals surface area contributed by atoms with Gasteiger partial charge >= 0.3 is 6.09 Å². The van der Waals surface area contributed by atoms with Crippen LogP contribution in [0.4, 0.5) is 4.79 Å². The standard InChI is InChI=1S/C5H10NO2/c1-3-6-5(7)8-4-2/h1,3-4H2,2H3,(H,6,7). The fourth-order valence-electron chi connectivity index (χ4n) is 0.284. The van der Waals surface area contributed by atoms with Crippen molar-refractivity contribution >= 4 is 6.09 Å². The zero-order valence-electron chi connectivity index (χ0n) is 4.94. The van der Waals surface area contributed by atoms with Crippen LogP contribution in [-0.4, -0.2) is 19.2 Å². The minimum absolute atomic E-state index is 0.374. The van der Waals surface area contributed by atoms with Gasteiger partial charge in [-0.1, -0.05) is 0 Å². The summed E-state index contributed by atoms with van der Waals surface area (Å²) in [6.45, 7) is 5.93. The van der Waals surface area contributed by atoms with Crippen LogP contribution in [0.15, 0.2) is 0 Å². The van der Waals surface area contributed by atoms with E-state index in [0.717, 1.165) is 0 Å². The van der Waals surface area contributed by atoms with Gasteiger partial charge in [0.15, 0.2) is 0 Å². The van der Waals surface area contributed by atoms with E-state index in [9.17, 15) is 4.79 Å². The molecule has 0 aliphatic rings. The number of nitrogens with one attached hydrogen (secondary N) is 1. The molecule has 0 spiro atoms. The number of ether oxygens (including phenoxy) is 1. The number of amides is 1. The van der Waals surface area contributed by atoms with Crippen molar-refractivity contribution in [2.24, 2.45) is 0 Å². The predicted molar refractivity (Wildman–Crippen MR) is 30.4 cm³/mol. The molecule has 3 heteroatoms. The molecule has 0 aliphatic carbocycles. The average Bonchev–Trinajstić information content (AvgIpc) is 1.68. The van der Waals surface area contributed by atoms with Gasteiger partial charge in [-0.15, -0.1) is 0 Å². The number of hydrogen-bond acceptors (Lipinski definition) is 2. The number of rotatable bonds is 2. The molecule has 0 fully saturated rings. The summed E-state index contributed by atoms with van der Waals surface area (Å²) in [4.78, 5) is 10.3. The maximum atomic E-state index is 10.3. The Morgan fingerprint density at radius 2 is 2.50 bits per heavy atom. The summed E-state index contributed by atoms with van der Waals surface area (Å²) >= 11 is 0. The normalized spacial score (nSPS) is 8.25. The summed E-state index contributed by atoms with van der Waals surface area (Å²) in [6, 6.07) is 0. The summed E-state index contributed by atoms with van der Waals surface area (Å²) in [5.41, 5.74) is 0. The highest BCUT2D eigenvalue weighted by Crippen LogP contribution is 1.72. The van der Waals surface area contributed by atoms with Gasteiger partial charge in [0.1, 0.15) is 0 Å². The van der Waals surface area contributed by atoms with Crippen molar-refractivity contribution in [2.45, 2.75) is 6.92 Å². The molecule has 0 bridgehead atoms. The number of carbonyl (C=O) groups excluding carboxylic acids is 1. The molecule has 0 aliphatic heterocycles. The zero-order valence-corrected chi connectivity index (χ0v) is 4.94. The van der Waals surface area contributed by atoms with Crippen LogP contribution in [-0.2, 0) is 4.74 Å². The fourth-order valence-corrected chi connectivity index (χ4v) is 0.284. The first-order chi connectivity index (χ1) is 3.81. The summed E-state index contributed by atoms with van der Waals surface area (Å²) in [6.07, 6.45) is -0.400. The zero-order chi connectivity index (χ0) is 6.41. The van der Waals surface area contributed by atoms with Gasteiger partial charge in [0.25, 0.3) is 0 Å². The second-order valence-corrected chi connectivity index (χ2v) is 1.15. The number of carbonyl (C=O) groups is 1. The van der Waals surface area contributed by atoms with Crippen molar-refractivity contribution in [3.05, 3.63) is 6.92 Å². The molecule has 0 saturated carbocycles. The number of alkyl carbamates (subject to hydrolysis) is 1. The van der Waals surface area contributed by atoms with Crippen LogP contribution in [0, 0.1) is 6.92 Å². The highest BCUT2D eigenvalue weighted by molar-refractivity contribution is 5.66. The Morgan fingerprint density at radius 3 is 2.88 bits per heavy atom. The first-order valence-electron chi connectivity index (χ1n) is 2.51. The quantitative estimate of drug-likeness (QED) is 0.572. The lowest BCUT2D eigenvalue weighted by Crippen LogP contribution is -2.23. The SMILES string of the molecule is [CH2]CNC(=O)OCC. The maximum absolute atomic E-state index is 10.3. The molecule has 0 heterocycles. The Kier molecular flexibility index (Phi) is 4.03. The van der Waals surface area contributed by atoms with E-state index < -0.39 is 6.09 Å². The molecule has 3 nitrogen and oxygen atoms in total. The molecular formula is C5H10NO2. The summed E-state index contributed by atoms with van der Waals surface area (Å²) in [5.74, 6) is 0. The lowest BCUT2D eigenvalue weighted by molar-refractivity contribution is 0.153. The monoisotopic (exact) mass is 116 g/mol. The van der Waals surface area contributed by atoms with E-state index in [0.29, 0.717) is 13.2 Å². The predicted octanol–water partition coefficient (Wildman–Crippen LogP) is 0.567. The maximum Gasteiger partial charge on any atom is 0.407 e. The molecule has 0 aromatic heterocycles. The molecule has 47 valence electrons. The molecule has 8 heavy (non-hydrogen) atoms. The minimum atomic E-state index is -0.400. The van der Waals surface area contributed by atoms with E-state index in [-0.39, 0.29) is 0 Å². The third-order valence-corrected chi connectivity index (χ3v) is 0.545. The third-order valence-electron chi connectivity index (χ3n) is 0.545. The Hall–Kier alpha value is -0.730. The molecule has 0 rings (SSSR count). The molecule has 1 N–H and O–H groups in total. The topological polar surface area (TPSA) is 38.3 Å². The van der Waals surface area contributed by atoms with Crippen molar-refractivity contribution in [1.82, 2.24) is 5.32 Å². The summed E-state index contributed by atoms with van der Waals surface area (Å²) < 4.78 is 4.49. The molecule has 1 radical (unpaired) electrons. The first-order valence-corrected chi connectivity index (χ1v) is 2.51. The van der Waals surface area contributed by atoms with Gasteiger partial charge in [0.05, 0.1) is 6.61 Å². The van der Waals surface area contributed by atoms with Crippen molar-refractivity contribution in [3.8, 4) is 0 Å².